The average Bonchev–Trinajstić information content (AvgIpc) is 2.49. The summed E-state index contributed by atoms with van der Waals surface area (Å²) in [6.07, 6.45) is 8.10. The summed E-state index contributed by atoms with van der Waals surface area (Å²) >= 11 is 0. The zero-order valence-corrected chi connectivity index (χ0v) is 16.6. The molecule has 0 radical (unpaired) electrons. The van der Waals surface area contributed by atoms with E-state index in [4.69, 9.17) is 4.74 Å². The van der Waals surface area contributed by atoms with Crippen molar-refractivity contribution in [2.45, 2.75) is 105 Å². The Balaban J connectivity index is 4.99. The van der Waals surface area contributed by atoms with Crippen molar-refractivity contribution in [2.24, 2.45) is 10.8 Å². The molecule has 0 heterocycles. The van der Waals surface area contributed by atoms with Crippen molar-refractivity contribution in [1.82, 2.24) is 0 Å². The molecule has 0 amide bonds. The second-order valence-electron chi connectivity index (χ2n) is 7.85. The van der Waals surface area contributed by atoms with Gasteiger partial charge in [0.15, 0.2) is 5.41 Å². The average molecular weight is 343 g/mol. The van der Waals surface area contributed by atoms with E-state index in [-0.39, 0.29) is 6.10 Å². The minimum atomic E-state index is -1.47. The molecule has 0 saturated carbocycles. The van der Waals surface area contributed by atoms with Gasteiger partial charge in [0.2, 0.25) is 0 Å². The van der Waals surface area contributed by atoms with E-state index in [1.165, 1.54) is 19.3 Å². The minimum absolute atomic E-state index is 0.183. The van der Waals surface area contributed by atoms with E-state index in [2.05, 4.69) is 6.92 Å². The molecule has 24 heavy (non-hydrogen) atoms. The number of hydrogen-bond donors (Lipinski definition) is 1. The fourth-order valence-corrected chi connectivity index (χ4v) is 3.25. The highest BCUT2D eigenvalue weighted by molar-refractivity contribution is 6.00. The molecule has 0 aromatic carbocycles. The quantitative estimate of drug-likeness (QED) is 0.285. The molecule has 2 atom stereocenters. The van der Waals surface area contributed by atoms with Crippen LogP contribution >= 0.6 is 0 Å². The van der Waals surface area contributed by atoms with Crippen LogP contribution in [-0.4, -0.2) is 23.1 Å². The Morgan fingerprint density at radius 2 is 1.54 bits per heavy atom. The molecule has 2 unspecified atom stereocenters. The van der Waals surface area contributed by atoms with Crippen molar-refractivity contribution in [1.29, 1.82) is 0 Å². The van der Waals surface area contributed by atoms with Crippen LogP contribution in [0.2, 0.25) is 0 Å². The van der Waals surface area contributed by atoms with Crippen LogP contribution < -0.4 is 0 Å². The number of carbonyl (C=O) groups is 2. The first-order valence-corrected chi connectivity index (χ1v) is 9.61. The van der Waals surface area contributed by atoms with Crippen LogP contribution in [0.25, 0.3) is 0 Å². The van der Waals surface area contributed by atoms with E-state index in [0.717, 1.165) is 25.7 Å². The van der Waals surface area contributed by atoms with Gasteiger partial charge in [0, 0.05) is 0 Å². The van der Waals surface area contributed by atoms with E-state index in [0.29, 0.717) is 12.8 Å². The SMILES string of the molecule is CCCCCCCC(CC)OC(=O)C(CCC)(C(=O)O)C(C)(C)C. The molecule has 0 aliphatic carbocycles. The van der Waals surface area contributed by atoms with E-state index in [1.807, 2.05) is 34.6 Å². The largest absolute Gasteiger partial charge is 0.480 e. The van der Waals surface area contributed by atoms with Crippen LogP contribution in [0.15, 0.2) is 0 Å². The smallest absolute Gasteiger partial charge is 0.324 e. The lowest BCUT2D eigenvalue weighted by molar-refractivity contribution is -0.183. The Hall–Kier alpha value is -1.06. The highest BCUT2D eigenvalue weighted by Gasteiger charge is 2.56. The predicted octanol–water partition coefficient (Wildman–Crippen LogP) is 5.59. The van der Waals surface area contributed by atoms with Gasteiger partial charge in [-0.25, -0.2) is 0 Å². The minimum Gasteiger partial charge on any atom is -0.480 e. The van der Waals surface area contributed by atoms with Gasteiger partial charge in [0.05, 0.1) is 0 Å². The van der Waals surface area contributed by atoms with Crippen molar-refractivity contribution in [3.05, 3.63) is 0 Å². The number of aliphatic carboxylic acids is 1. The maximum Gasteiger partial charge on any atom is 0.324 e. The highest BCUT2D eigenvalue weighted by Crippen LogP contribution is 2.44. The van der Waals surface area contributed by atoms with Crippen LogP contribution in [0.1, 0.15) is 99.3 Å². The number of rotatable bonds is 12. The van der Waals surface area contributed by atoms with E-state index in [1.54, 1.807) is 0 Å². The maximum atomic E-state index is 12.8. The van der Waals surface area contributed by atoms with Gasteiger partial charge in [0.25, 0.3) is 0 Å². The van der Waals surface area contributed by atoms with Crippen molar-refractivity contribution < 1.29 is 19.4 Å². The molecule has 4 nitrogen and oxygen atoms in total. The van der Waals surface area contributed by atoms with Crippen molar-refractivity contribution in [3.63, 3.8) is 0 Å². The number of esters is 1. The number of carbonyl (C=O) groups excluding carboxylic acids is 1. The van der Waals surface area contributed by atoms with Gasteiger partial charge < -0.3 is 9.84 Å². The van der Waals surface area contributed by atoms with Crippen molar-refractivity contribution in [3.8, 4) is 0 Å². The number of unbranched alkanes of at least 4 members (excludes halogenated alkanes) is 4. The maximum absolute atomic E-state index is 12.8. The summed E-state index contributed by atoms with van der Waals surface area (Å²) < 4.78 is 5.69. The number of carboxylic acids is 1. The van der Waals surface area contributed by atoms with Gasteiger partial charge in [-0.2, -0.15) is 0 Å². The second-order valence-corrected chi connectivity index (χ2v) is 7.85. The molecule has 142 valence electrons. The zero-order chi connectivity index (χ0) is 18.8. The molecule has 0 aliphatic rings. The molecule has 0 bridgehead atoms. The van der Waals surface area contributed by atoms with Gasteiger partial charge in [-0.05, 0) is 31.1 Å². The number of carboxylic acid groups (broad SMARTS) is 1. The third kappa shape index (κ3) is 6.10. The molecular formula is C20H38O4. The van der Waals surface area contributed by atoms with Crippen LogP contribution in [0.5, 0.6) is 0 Å². The van der Waals surface area contributed by atoms with Crippen molar-refractivity contribution >= 4 is 11.9 Å². The topological polar surface area (TPSA) is 63.6 Å². The molecular weight excluding hydrogens is 304 g/mol. The first kappa shape index (κ1) is 22.9. The van der Waals surface area contributed by atoms with Crippen LogP contribution in [-0.2, 0) is 14.3 Å². The number of ether oxygens (including phenoxy) is 1. The normalized spacial score (nSPS) is 15.6. The fraction of sp³-hybridized carbons (Fsp3) is 0.900. The summed E-state index contributed by atoms with van der Waals surface area (Å²) in [5.74, 6) is -1.63. The van der Waals surface area contributed by atoms with Crippen LogP contribution in [0, 0.1) is 10.8 Å². The summed E-state index contributed by atoms with van der Waals surface area (Å²) in [4.78, 5) is 24.8. The lowest BCUT2D eigenvalue weighted by atomic mass is 9.64. The third-order valence-corrected chi connectivity index (χ3v) is 4.98. The lowest BCUT2D eigenvalue weighted by Crippen LogP contribution is -2.51. The molecule has 0 spiro atoms. The first-order chi connectivity index (χ1) is 11.2. The Labute approximate surface area is 148 Å². The van der Waals surface area contributed by atoms with Crippen LogP contribution in [0.3, 0.4) is 0 Å². The molecule has 0 aliphatic heterocycles. The summed E-state index contributed by atoms with van der Waals surface area (Å²) in [6.45, 7) is 11.5. The Kier molecular flexibility index (Phi) is 10.3. The molecule has 0 aromatic rings. The standard InChI is InChI=1S/C20H38O4/c1-7-10-11-12-13-14-16(9-3)24-18(23)20(15-8-2,17(21)22)19(4,5)6/h16H,7-15H2,1-6H3,(H,21,22). The summed E-state index contributed by atoms with van der Waals surface area (Å²) in [7, 11) is 0. The Morgan fingerprint density at radius 3 is 1.96 bits per heavy atom. The highest BCUT2D eigenvalue weighted by atomic mass is 16.5. The van der Waals surface area contributed by atoms with Gasteiger partial charge in [-0.3, -0.25) is 9.59 Å². The van der Waals surface area contributed by atoms with E-state index >= 15 is 0 Å². The van der Waals surface area contributed by atoms with Gasteiger partial charge in [-0.1, -0.05) is 73.6 Å². The third-order valence-electron chi connectivity index (χ3n) is 4.98. The molecule has 0 rings (SSSR count). The van der Waals surface area contributed by atoms with E-state index in [9.17, 15) is 14.7 Å². The number of hydrogen-bond acceptors (Lipinski definition) is 3. The second kappa shape index (κ2) is 10.7. The zero-order valence-electron chi connectivity index (χ0n) is 16.6. The fourth-order valence-electron chi connectivity index (χ4n) is 3.25. The molecule has 0 saturated heterocycles. The summed E-state index contributed by atoms with van der Waals surface area (Å²) in [5.41, 5.74) is -2.16. The monoisotopic (exact) mass is 342 g/mol. The molecule has 4 heteroatoms. The Morgan fingerprint density at radius 1 is 0.958 bits per heavy atom. The summed E-state index contributed by atoms with van der Waals surface area (Å²) in [5, 5.41) is 9.82. The first-order valence-electron chi connectivity index (χ1n) is 9.61. The molecule has 1 N–H and O–H groups in total. The van der Waals surface area contributed by atoms with Gasteiger partial charge in [-0.15, -0.1) is 0 Å². The van der Waals surface area contributed by atoms with Crippen LogP contribution in [0.4, 0.5) is 0 Å². The van der Waals surface area contributed by atoms with Gasteiger partial charge >= 0.3 is 11.9 Å². The lowest BCUT2D eigenvalue weighted by Gasteiger charge is -2.39. The van der Waals surface area contributed by atoms with Gasteiger partial charge in [0.1, 0.15) is 6.10 Å². The van der Waals surface area contributed by atoms with E-state index < -0.39 is 22.8 Å². The Bertz CT molecular complexity index is 384. The molecule has 0 fully saturated rings. The predicted molar refractivity (Wildman–Crippen MR) is 98.0 cm³/mol. The van der Waals surface area contributed by atoms with Crippen molar-refractivity contribution in [2.75, 3.05) is 0 Å². The summed E-state index contributed by atoms with van der Waals surface area (Å²) in [6, 6.07) is 0. The molecule has 0 aromatic heterocycles.